The third kappa shape index (κ3) is 5.13. The Bertz CT molecular complexity index is 751. The van der Waals surface area contributed by atoms with Gasteiger partial charge < -0.3 is 14.8 Å². The Morgan fingerprint density at radius 3 is 1.85 bits per heavy atom. The molecule has 1 aliphatic heterocycles. The summed E-state index contributed by atoms with van der Waals surface area (Å²) in [5, 5.41) is 1.32. The molecular weight excluding hydrogens is 623 g/mol. The van der Waals surface area contributed by atoms with Crippen molar-refractivity contribution < 1.29 is 23.9 Å². The second-order valence-corrected chi connectivity index (χ2v) is 9.23. The summed E-state index contributed by atoms with van der Waals surface area (Å²) >= 11 is 15.2. The molecule has 0 radical (unpaired) electrons. The van der Waals surface area contributed by atoms with E-state index in [0.717, 1.165) is 0 Å². The molecule has 1 heterocycles. The molecular formula is C17H17Cl2I2NO5. The van der Waals surface area contributed by atoms with E-state index in [0.29, 0.717) is 18.4 Å². The highest BCUT2D eigenvalue weighted by Crippen LogP contribution is 2.36. The third-order valence-electron chi connectivity index (χ3n) is 4.11. The topological polar surface area (TPSA) is 81.7 Å². The van der Waals surface area contributed by atoms with Gasteiger partial charge in [-0.05, 0) is 80.9 Å². The molecule has 0 saturated carbocycles. The van der Waals surface area contributed by atoms with Crippen LogP contribution in [-0.4, -0.2) is 35.9 Å². The summed E-state index contributed by atoms with van der Waals surface area (Å²) in [5.41, 5.74) is 0.998. The van der Waals surface area contributed by atoms with Gasteiger partial charge in [0.05, 0.1) is 43.1 Å². The molecule has 1 aromatic rings. The molecule has 27 heavy (non-hydrogen) atoms. The van der Waals surface area contributed by atoms with Crippen LogP contribution < -0.4 is 5.32 Å². The maximum atomic E-state index is 12.7. The number of carbonyl (C=O) groups is 3. The Balaban J connectivity index is 2.34. The smallest absolute Gasteiger partial charge is 0.253 e. The van der Waals surface area contributed by atoms with Crippen molar-refractivity contribution in [2.45, 2.75) is 27.1 Å². The Kier molecular flexibility index (Phi) is 8.33. The number of nitrogens with one attached hydrogen (secondary N) is 1. The molecule has 2 rings (SSSR count). The van der Waals surface area contributed by atoms with Crippen LogP contribution in [0.1, 0.15) is 40.1 Å². The minimum Gasteiger partial charge on any atom is -0.351 e. The number of benzene rings is 1. The van der Waals surface area contributed by atoms with Crippen molar-refractivity contribution in [3.63, 3.8) is 0 Å². The van der Waals surface area contributed by atoms with E-state index >= 15 is 0 Å². The molecule has 0 aliphatic carbocycles. The predicted molar refractivity (Wildman–Crippen MR) is 120 cm³/mol. The van der Waals surface area contributed by atoms with E-state index < -0.39 is 16.4 Å². The number of amides is 1. The molecule has 0 spiro atoms. The molecule has 0 atom stereocenters. The van der Waals surface area contributed by atoms with Crippen LogP contribution in [0.15, 0.2) is 0 Å². The van der Waals surface area contributed by atoms with Gasteiger partial charge in [-0.15, -0.1) is 0 Å². The second-order valence-electron chi connectivity index (χ2n) is 6.39. The van der Waals surface area contributed by atoms with Gasteiger partial charge in [-0.1, -0.05) is 13.8 Å². The van der Waals surface area contributed by atoms with E-state index in [1.54, 1.807) is 6.92 Å². The van der Waals surface area contributed by atoms with Gasteiger partial charge in [0.2, 0.25) is 5.91 Å². The number of hydrogen-bond acceptors (Lipinski definition) is 5. The minimum absolute atomic E-state index is 0.146. The van der Waals surface area contributed by atoms with Crippen LogP contribution in [0.4, 0.5) is 5.69 Å². The van der Waals surface area contributed by atoms with Crippen molar-refractivity contribution in [3.8, 4) is 0 Å². The molecule has 1 amide bonds. The molecule has 0 aromatic heterocycles. The molecule has 148 valence electrons. The Labute approximate surface area is 194 Å². The van der Waals surface area contributed by atoms with Crippen molar-refractivity contribution in [3.05, 3.63) is 23.8 Å². The lowest BCUT2D eigenvalue weighted by atomic mass is 10.0. The number of hydrogen-bond donors (Lipinski definition) is 1. The van der Waals surface area contributed by atoms with Gasteiger partial charge in [0.1, 0.15) is 0 Å². The highest BCUT2D eigenvalue weighted by Gasteiger charge is 2.31. The summed E-state index contributed by atoms with van der Waals surface area (Å²) in [4.78, 5) is 36.4. The molecule has 1 aliphatic rings. The average molecular weight is 640 g/mol. The summed E-state index contributed by atoms with van der Waals surface area (Å²) in [6.07, 6.45) is -0.338. The maximum Gasteiger partial charge on any atom is 0.253 e. The summed E-state index contributed by atoms with van der Waals surface area (Å²) in [6, 6.07) is 0. The van der Waals surface area contributed by atoms with E-state index in [1.807, 2.05) is 59.0 Å². The first-order valence-corrected chi connectivity index (χ1v) is 10.9. The fraction of sp³-hybridized carbons (Fsp3) is 0.471. The predicted octanol–water partition coefficient (Wildman–Crippen LogP) is 4.55. The normalized spacial score (nSPS) is 19.9. The van der Waals surface area contributed by atoms with Crippen molar-refractivity contribution in [1.29, 1.82) is 0 Å². The minimum atomic E-state index is -0.730. The quantitative estimate of drug-likeness (QED) is 0.378. The van der Waals surface area contributed by atoms with E-state index in [4.69, 9.17) is 32.7 Å². The molecule has 1 fully saturated rings. The monoisotopic (exact) mass is 639 g/mol. The molecule has 0 bridgehead atoms. The highest BCUT2D eigenvalue weighted by molar-refractivity contribution is 14.1. The lowest BCUT2D eigenvalue weighted by Gasteiger charge is -2.31. The molecule has 1 N–H and O–H groups in total. The SMILES string of the molecule is Cc1c(C(=O)Cl)c(I)c(NC(=O)C2COC(C(C)C)OC2)c(I)c1C(=O)Cl. The lowest BCUT2D eigenvalue weighted by Crippen LogP contribution is -2.41. The van der Waals surface area contributed by atoms with Crippen LogP contribution in [0.25, 0.3) is 0 Å². The number of anilines is 1. The first-order valence-electron chi connectivity index (χ1n) is 8.01. The van der Waals surface area contributed by atoms with Gasteiger partial charge in [-0.2, -0.15) is 0 Å². The number of ether oxygens (including phenoxy) is 2. The van der Waals surface area contributed by atoms with Crippen LogP contribution in [-0.2, 0) is 14.3 Å². The van der Waals surface area contributed by atoms with E-state index in [1.165, 1.54) is 0 Å². The fourth-order valence-electron chi connectivity index (χ4n) is 2.66. The van der Waals surface area contributed by atoms with Crippen LogP contribution >= 0.6 is 68.4 Å². The molecule has 6 nitrogen and oxygen atoms in total. The largest absolute Gasteiger partial charge is 0.351 e. The highest BCUT2D eigenvalue weighted by atomic mass is 127. The first-order chi connectivity index (χ1) is 12.6. The van der Waals surface area contributed by atoms with Crippen molar-refractivity contribution >= 4 is 90.5 Å². The van der Waals surface area contributed by atoms with E-state index in [9.17, 15) is 14.4 Å². The van der Waals surface area contributed by atoms with Crippen molar-refractivity contribution in [2.75, 3.05) is 18.5 Å². The average Bonchev–Trinajstić information content (AvgIpc) is 2.57. The second kappa shape index (κ2) is 9.66. The summed E-state index contributed by atoms with van der Waals surface area (Å²) < 4.78 is 12.0. The van der Waals surface area contributed by atoms with Crippen molar-refractivity contribution in [1.82, 2.24) is 0 Å². The van der Waals surface area contributed by atoms with Crippen LogP contribution in [0.2, 0.25) is 0 Å². The number of rotatable bonds is 5. The zero-order valence-corrected chi connectivity index (χ0v) is 20.5. The first kappa shape index (κ1) is 23.3. The number of carbonyl (C=O) groups excluding carboxylic acids is 3. The van der Waals surface area contributed by atoms with Crippen LogP contribution in [0.5, 0.6) is 0 Å². The molecule has 10 heteroatoms. The van der Waals surface area contributed by atoms with Gasteiger partial charge in [-0.25, -0.2) is 0 Å². The summed E-state index contributed by atoms with van der Waals surface area (Å²) in [7, 11) is 0. The van der Waals surface area contributed by atoms with E-state index in [2.05, 4.69) is 5.32 Å². The lowest BCUT2D eigenvalue weighted by molar-refractivity contribution is -0.217. The van der Waals surface area contributed by atoms with Crippen LogP contribution in [0.3, 0.4) is 0 Å². The molecule has 1 aromatic carbocycles. The van der Waals surface area contributed by atoms with Gasteiger partial charge in [-0.3, -0.25) is 14.4 Å². The number of halogens is 4. The Morgan fingerprint density at radius 2 is 1.48 bits per heavy atom. The van der Waals surface area contributed by atoms with Gasteiger partial charge >= 0.3 is 0 Å². The third-order valence-corrected chi connectivity index (χ3v) is 6.64. The standard InChI is InChI=1S/C17H17Cl2I2NO5/c1-6(2)17-26-4-8(5-27-17)16(25)22-13-11(20)9(14(18)23)7(3)10(12(13)21)15(19)24/h6,8,17H,4-5H2,1-3H3,(H,22,25). The molecule has 0 unspecified atom stereocenters. The zero-order chi connectivity index (χ0) is 20.5. The Morgan fingerprint density at radius 1 is 1.04 bits per heavy atom. The van der Waals surface area contributed by atoms with Gasteiger partial charge in [0.25, 0.3) is 10.5 Å². The van der Waals surface area contributed by atoms with Gasteiger partial charge in [0.15, 0.2) is 6.29 Å². The molecule has 1 saturated heterocycles. The fourth-order valence-corrected chi connectivity index (χ4v) is 6.07. The zero-order valence-electron chi connectivity index (χ0n) is 14.7. The summed E-state index contributed by atoms with van der Waals surface area (Å²) in [6.45, 7) is 5.97. The maximum absolute atomic E-state index is 12.7. The van der Waals surface area contributed by atoms with Crippen molar-refractivity contribution in [2.24, 2.45) is 11.8 Å². The van der Waals surface area contributed by atoms with E-state index in [-0.39, 0.29) is 42.5 Å². The Hall–Kier alpha value is -0.0100. The van der Waals surface area contributed by atoms with Gasteiger partial charge in [0, 0.05) is 5.92 Å². The van der Waals surface area contributed by atoms with Crippen LogP contribution in [0, 0.1) is 25.9 Å². The summed E-state index contributed by atoms with van der Waals surface area (Å²) in [5.74, 6) is -0.668.